The van der Waals surface area contributed by atoms with Gasteiger partial charge >= 0.3 is 6.09 Å². The van der Waals surface area contributed by atoms with Crippen molar-refractivity contribution in [1.82, 2.24) is 25.1 Å². The van der Waals surface area contributed by atoms with Crippen molar-refractivity contribution >= 4 is 23.0 Å². The van der Waals surface area contributed by atoms with E-state index >= 15 is 0 Å². The van der Waals surface area contributed by atoms with Crippen LogP contribution in [0.2, 0.25) is 0 Å². The molecule has 0 atom stereocenters. The number of hydrogen-bond donors (Lipinski definition) is 3. The quantitative estimate of drug-likeness (QED) is 0.598. The van der Waals surface area contributed by atoms with Gasteiger partial charge in [-0.25, -0.2) is 9.78 Å². The van der Waals surface area contributed by atoms with Gasteiger partial charge in [-0.05, 0) is 76.6 Å². The van der Waals surface area contributed by atoms with Crippen molar-refractivity contribution in [3.8, 4) is 0 Å². The predicted molar refractivity (Wildman–Crippen MR) is 130 cm³/mol. The average molecular weight is 472 g/mol. The van der Waals surface area contributed by atoms with Crippen LogP contribution in [0.5, 0.6) is 0 Å². The Morgan fingerprint density at radius 3 is 2.47 bits per heavy atom. The zero-order valence-electron chi connectivity index (χ0n) is 20.5. The van der Waals surface area contributed by atoms with Crippen molar-refractivity contribution in [3.63, 3.8) is 0 Å². The molecule has 2 amide bonds. The largest absolute Gasteiger partial charge is 0.453 e. The fourth-order valence-corrected chi connectivity index (χ4v) is 5.00. The van der Waals surface area contributed by atoms with Crippen molar-refractivity contribution in [2.24, 2.45) is 11.8 Å². The number of carbonyl (C=O) groups excluding carboxylic acids is 2. The highest BCUT2D eigenvalue weighted by Gasteiger charge is 2.27. The first-order valence-electron chi connectivity index (χ1n) is 12.3. The molecule has 186 valence electrons. The van der Waals surface area contributed by atoms with Crippen LogP contribution in [0.3, 0.4) is 0 Å². The molecule has 3 N–H and O–H groups in total. The number of amides is 2. The van der Waals surface area contributed by atoms with E-state index in [1.165, 1.54) is 7.11 Å². The Morgan fingerprint density at radius 1 is 1.15 bits per heavy atom. The highest BCUT2D eigenvalue weighted by atomic mass is 16.5. The molecule has 2 saturated heterocycles. The average Bonchev–Trinajstić information content (AvgIpc) is 3.29. The number of likely N-dealkylation sites (tertiary alicyclic amines) is 2. The van der Waals surface area contributed by atoms with Gasteiger partial charge in [0.2, 0.25) is 0 Å². The van der Waals surface area contributed by atoms with Crippen LogP contribution in [-0.2, 0) is 10.3 Å². The number of para-hydroxylation sites is 1. The van der Waals surface area contributed by atoms with Crippen molar-refractivity contribution in [2.75, 3.05) is 46.4 Å². The summed E-state index contributed by atoms with van der Waals surface area (Å²) in [6, 6.07) is 5.47. The molecule has 2 fully saturated rings. The van der Waals surface area contributed by atoms with Crippen LogP contribution >= 0.6 is 0 Å². The summed E-state index contributed by atoms with van der Waals surface area (Å²) < 4.78 is 4.82. The molecule has 0 bridgehead atoms. The third-order valence-corrected chi connectivity index (χ3v) is 7.16. The minimum absolute atomic E-state index is 0.126. The van der Waals surface area contributed by atoms with Gasteiger partial charge in [0.1, 0.15) is 16.9 Å². The van der Waals surface area contributed by atoms with Gasteiger partial charge in [-0.2, -0.15) is 0 Å². The molecule has 0 aliphatic carbocycles. The summed E-state index contributed by atoms with van der Waals surface area (Å²) in [6.45, 7) is 8.72. The molecular weight excluding hydrogens is 434 g/mol. The van der Waals surface area contributed by atoms with Gasteiger partial charge in [0.15, 0.2) is 0 Å². The molecule has 2 aliphatic heterocycles. The minimum Gasteiger partial charge on any atom is -0.453 e. The normalized spacial score (nSPS) is 18.9. The second-order valence-corrected chi connectivity index (χ2v) is 10.2. The molecule has 0 unspecified atom stereocenters. The van der Waals surface area contributed by atoms with Crippen LogP contribution < -0.4 is 5.32 Å². The van der Waals surface area contributed by atoms with Gasteiger partial charge in [-0.3, -0.25) is 4.79 Å². The Kier molecular flexibility index (Phi) is 7.42. The lowest BCUT2D eigenvalue weighted by molar-refractivity contribution is 0.0699. The van der Waals surface area contributed by atoms with Crippen LogP contribution in [0, 0.1) is 11.8 Å². The smallest absolute Gasteiger partial charge is 0.409 e. The van der Waals surface area contributed by atoms with Gasteiger partial charge in [0, 0.05) is 26.2 Å². The first-order chi connectivity index (χ1) is 16.2. The lowest BCUT2D eigenvalue weighted by Crippen LogP contribution is -2.44. The number of H-pyrrole nitrogens is 1. The monoisotopic (exact) mass is 471 g/mol. The van der Waals surface area contributed by atoms with E-state index in [4.69, 9.17) is 4.74 Å². The molecule has 3 heterocycles. The molecule has 0 saturated carbocycles. The van der Waals surface area contributed by atoms with E-state index in [-0.39, 0.29) is 12.0 Å². The predicted octanol–water partition coefficient (Wildman–Crippen LogP) is 2.71. The van der Waals surface area contributed by atoms with Crippen molar-refractivity contribution in [3.05, 3.63) is 29.6 Å². The number of methoxy groups -OCH3 is 1. The molecule has 4 rings (SSSR count). The lowest BCUT2D eigenvalue weighted by Gasteiger charge is -2.37. The standard InChI is InChI=1S/C25H37N5O4/c1-25(2,33)23-27-20-6-4-5-19(21(20)28-23)22(31)26-15-17-7-11-29(12-8-17)16-18-9-13-30(14-10-18)24(32)34-3/h4-6,17-18,33H,7-16H2,1-3H3,(H,26,31)(H,27,28). The highest BCUT2D eigenvalue weighted by molar-refractivity contribution is 6.04. The minimum atomic E-state index is -1.10. The molecular formula is C25H37N5O4. The topological polar surface area (TPSA) is 111 Å². The summed E-state index contributed by atoms with van der Waals surface area (Å²) in [5.41, 5.74) is 0.764. The van der Waals surface area contributed by atoms with Crippen LogP contribution in [0.4, 0.5) is 4.79 Å². The van der Waals surface area contributed by atoms with Crippen LogP contribution in [0.1, 0.15) is 55.7 Å². The molecule has 34 heavy (non-hydrogen) atoms. The summed E-state index contributed by atoms with van der Waals surface area (Å²) in [6.07, 6.45) is 3.97. The fraction of sp³-hybridized carbons (Fsp3) is 0.640. The Bertz CT molecular complexity index is 998. The summed E-state index contributed by atoms with van der Waals surface area (Å²) in [4.78, 5) is 36.5. The number of ether oxygens (including phenoxy) is 1. The summed E-state index contributed by atoms with van der Waals surface area (Å²) >= 11 is 0. The molecule has 9 heteroatoms. The van der Waals surface area contributed by atoms with E-state index in [0.717, 1.165) is 63.9 Å². The van der Waals surface area contributed by atoms with Crippen LogP contribution in [0.15, 0.2) is 18.2 Å². The van der Waals surface area contributed by atoms with E-state index in [1.54, 1.807) is 24.8 Å². The number of hydrogen-bond acceptors (Lipinski definition) is 6. The van der Waals surface area contributed by atoms with Crippen molar-refractivity contribution < 1.29 is 19.4 Å². The third-order valence-electron chi connectivity index (χ3n) is 7.16. The zero-order chi connectivity index (χ0) is 24.3. The first kappa shape index (κ1) is 24.5. The number of nitrogens with one attached hydrogen (secondary N) is 2. The second kappa shape index (κ2) is 10.3. The Morgan fingerprint density at radius 2 is 1.82 bits per heavy atom. The number of carbonyl (C=O) groups is 2. The van der Waals surface area contributed by atoms with Crippen LogP contribution in [0.25, 0.3) is 11.0 Å². The highest BCUT2D eigenvalue weighted by Crippen LogP contribution is 2.24. The van der Waals surface area contributed by atoms with Gasteiger partial charge in [0.05, 0.1) is 18.2 Å². The first-order valence-corrected chi connectivity index (χ1v) is 12.3. The number of nitrogens with zero attached hydrogens (tertiary/aromatic N) is 3. The van der Waals surface area contributed by atoms with E-state index in [9.17, 15) is 14.7 Å². The molecule has 1 aromatic carbocycles. The Balaban J connectivity index is 1.23. The fourth-order valence-electron chi connectivity index (χ4n) is 5.00. The van der Waals surface area contributed by atoms with E-state index in [1.807, 2.05) is 12.1 Å². The molecule has 2 aliphatic rings. The number of aliphatic hydroxyl groups is 1. The maximum absolute atomic E-state index is 12.9. The number of piperidine rings is 2. The number of aromatic nitrogens is 2. The maximum Gasteiger partial charge on any atom is 0.409 e. The van der Waals surface area contributed by atoms with Crippen molar-refractivity contribution in [1.29, 1.82) is 0 Å². The van der Waals surface area contributed by atoms with Gasteiger partial charge in [-0.1, -0.05) is 6.07 Å². The summed E-state index contributed by atoms with van der Waals surface area (Å²) in [5, 5.41) is 13.3. The zero-order valence-corrected chi connectivity index (χ0v) is 20.5. The van der Waals surface area contributed by atoms with Gasteiger partial charge < -0.3 is 29.9 Å². The maximum atomic E-state index is 12.9. The molecule has 0 radical (unpaired) electrons. The number of aromatic amines is 1. The summed E-state index contributed by atoms with van der Waals surface area (Å²) in [7, 11) is 1.44. The number of rotatable bonds is 6. The van der Waals surface area contributed by atoms with E-state index < -0.39 is 5.60 Å². The molecule has 1 aromatic heterocycles. The van der Waals surface area contributed by atoms with Gasteiger partial charge in [0.25, 0.3) is 5.91 Å². The molecule has 2 aromatic rings. The number of fused-ring (bicyclic) bond motifs is 1. The lowest BCUT2D eigenvalue weighted by atomic mass is 9.93. The number of imidazole rings is 1. The van der Waals surface area contributed by atoms with E-state index in [0.29, 0.717) is 35.3 Å². The Hall–Kier alpha value is -2.65. The van der Waals surface area contributed by atoms with Crippen LogP contribution in [-0.4, -0.2) is 83.3 Å². The third kappa shape index (κ3) is 5.70. The van der Waals surface area contributed by atoms with E-state index in [2.05, 4.69) is 20.2 Å². The summed E-state index contributed by atoms with van der Waals surface area (Å²) in [5.74, 6) is 1.41. The number of benzene rings is 1. The second-order valence-electron chi connectivity index (χ2n) is 10.2. The SMILES string of the molecule is COC(=O)N1CCC(CN2CCC(CNC(=O)c3cccc4[nH]c(C(C)(C)O)nc34)CC2)CC1. The molecule has 9 nitrogen and oxygen atoms in total. The molecule has 0 spiro atoms. The Labute approximate surface area is 200 Å². The van der Waals surface area contributed by atoms with Gasteiger partial charge in [-0.15, -0.1) is 0 Å². The van der Waals surface area contributed by atoms with Crippen molar-refractivity contribution in [2.45, 2.75) is 45.1 Å².